The molecule has 18 heavy (non-hydrogen) atoms. The number of carbonyl (C=O) groups is 1. The standard InChI is InChI=1S/C12H17FN2O3/c1-18-9-7-15(6-8-16)12(17)14-11-4-2-10(13)3-5-11/h2-5,16H,6-9H2,1H3,(H,14,17). The predicted molar refractivity (Wildman–Crippen MR) is 66.0 cm³/mol. The molecule has 0 fully saturated rings. The normalized spacial score (nSPS) is 10.2. The summed E-state index contributed by atoms with van der Waals surface area (Å²) < 4.78 is 17.6. The number of halogens is 1. The van der Waals surface area contributed by atoms with Crippen molar-refractivity contribution in [2.45, 2.75) is 0 Å². The van der Waals surface area contributed by atoms with Gasteiger partial charge in [-0.25, -0.2) is 9.18 Å². The minimum absolute atomic E-state index is 0.124. The second-order valence-corrected chi connectivity index (χ2v) is 3.64. The number of hydrogen-bond acceptors (Lipinski definition) is 3. The first-order valence-electron chi connectivity index (χ1n) is 5.58. The molecule has 0 radical (unpaired) electrons. The summed E-state index contributed by atoms with van der Waals surface area (Å²) in [6, 6.07) is 5.12. The summed E-state index contributed by atoms with van der Waals surface area (Å²) in [5, 5.41) is 11.5. The molecule has 0 aromatic heterocycles. The van der Waals surface area contributed by atoms with E-state index in [4.69, 9.17) is 9.84 Å². The molecule has 1 aromatic rings. The van der Waals surface area contributed by atoms with Crippen molar-refractivity contribution in [1.29, 1.82) is 0 Å². The summed E-state index contributed by atoms with van der Waals surface area (Å²) in [5.41, 5.74) is 0.502. The molecule has 0 unspecified atom stereocenters. The van der Waals surface area contributed by atoms with E-state index in [1.54, 1.807) is 0 Å². The van der Waals surface area contributed by atoms with Gasteiger partial charge in [0.15, 0.2) is 0 Å². The molecule has 0 atom stereocenters. The van der Waals surface area contributed by atoms with Crippen LogP contribution < -0.4 is 5.32 Å². The van der Waals surface area contributed by atoms with Crippen LogP contribution in [0.5, 0.6) is 0 Å². The number of nitrogens with one attached hydrogen (secondary N) is 1. The van der Waals surface area contributed by atoms with Gasteiger partial charge in [0, 0.05) is 25.9 Å². The molecule has 5 nitrogen and oxygen atoms in total. The molecule has 0 aliphatic carbocycles. The Morgan fingerprint density at radius 3 is 2.61 bits per heavy atom. The van der Waals surface area contributed by atoms with E-state index in [0.29, 0.717) is 18.8 Å². The molecule has 0 bridgehead atoms. The summed E-state index contributed by atoms with van der Waals surface area (Å²) in [6.45, 7) is 0.859. The fourth-order valence-electron chi connectivity index (χ4n) is 1.37. The number of methoxy groups -OCH3 is 1. The average Bonchev–Trinajstić information content (AvgIpc) is 2.37. The van der Waals surface area contributed by atoms with Crippen LogP contribution in [-0.4, -0.2) is 49.5 Å². The van der Waals surface area contributed by atoms with E-state index < -0.39 is 0 Å². The van der Waals surface area contributed by atoms with Crippen molar-refractivity contribution in [3.8, 4) is 0 Å². The second kappa shape index (κ2) is 7.62. The topological polar surface area (TPSA) is 61.8 Å². The average molecular weight is 256 g/mol. The van der Waals surface area contributed by atoms with E-state index in [0.717, 1.165) is 0 Å². The van der Waals surface area contributed by atoms with Gasteiger partial charge in [-0.1, -0.05) is 0 Å². The number of amides is 2. The highest BCUT2D eigenvalue weighted by Crippen LogP contribution is 2.09. The van der Waals surface area contributed by atoms with Crippen LogP contribution in [0.15, 0.2) is 24.3 Å². The molecule has 0 saturated heterocycles. The third-order valence-electron chi connectivity index (χ3n) is 2.32. The number of aliphatic hydroxyl groups is 1. The zero-order valence-corrected chi connectivity index (χ0v) is 10.2. The maximum absolute atomic E-state index is 12.7. The fourth-order valence-corrected chi connectivity index (χ4v) is 1.37. The van der Waals surface area contributed by atoms with E-state index in [1.165, 1.54) is 36.3 Å². The molecule has 0 spiro atoms. The number of hydrogen-bond donors (Lipinski definition) is 2. The molecule has 100 valence electrons. The van der Waals surface area contributed by atoms with Crippen molar-refractivity contribution in [2.75, 3.05) is 38.7 Å². The van der Waals surface area contributed by atoms with Crippen molar-refractivity contribution in [2.24, 2.45) is 0 Å². The summed E-state index contributed by atoms with van der Waals surface area (Å²) in [7, 11) is 1.54. The lowest BCUT2D eigenvalue weighted by Gasteiger charge is -2.21. The van der Waals surface area contributed by atoms with Crippen molar-refractivity contribution in [3.05, 3.63) is 30.1 Å². The van der Waals surface area contributed by atoms with Gasteiger partial charge in [0.2, 0.25) is 0 Å². The van der Waals surface area contributed by atoms with E-state index in [-0.39, 0.29) is 25.0 Å². The largest absolute Gasteiger partial charge is 0.395 e. The Kier molecular flexibility index (Phi) is 6.10. The highest BCUT2D eigenvalue weighted by Gasteiger charge is 2.12. The Morgan fingerprint density at radius 2 is 2.06 bits per heavy atom. The summed E-state index contributed by atoms with van der Waals surface area (Å²) in [5.74, 6) is -0.361. The quantitative estimate of drug-likeness (QED) is 0.806. The van der Waals surface area contributed by atoms with Gasteiger partial charge >= 0.3 is 6.03 Å². The first-order chi connectivity index (χ1) is 8.67. The zero-order chi connectivity index (χ0) is 13.4. The summed E-state index contributed by atoms with van der Waals surface area (Å²) in [6.07, 6.45) is 0. The molecule has 2 amide bonds. The smallest absolute Gasteiger partial charge is 0.321 e. The number of benzene rings is 1. The highest BCUT2D eigenvalue weighted by molar-refractivity contribution is 5.89. The Labute approximate surface area is 105 Å². The molecule has 0 saturated carbocycles. The van der Waals surface area contributed by atoms with Gasteiger partial charge in [0.1, 0.15) is 5.82 Å². The van der Waals surface area contributed by atoms with Crippen molar-refractivity contribution < 1.29 is 19.0 Å². The highest BCUT2D eigenvalue weighted by atomic mass is 19.1. The number of nitrogens with zero attached hydrogens (tertiary/aromatic N) is 1. The van der Waals surface area contributed by atoms with Crippen LogP contribution in [-0.2, 0) is 4.74 Å². The fraction of sp³-hybridized carbons (Fsp3) is 0.417. The zero-order valence-electron chi connectivity index (χ0n) is 10.2. The van der Waals surface area contributed by atoms with Crippen molar-refractivity contribution in [3.63, 3.8) is 0 Å². The number of rotatable bonds is 6. The molecule has 0 aliphatic rings. The first-order valence-corrected chi connectivity index (χ1v) is 5.58. The third-order valence-corrected chi connectivity index (χ3v) is 2.32. The summed E-state index contributed by atoms with van der Waals surface area (Å²) in [4.78, 5) is 13.3. The molecule has 1 rings (SSSR count). The van der Waals surface area contributed by atoms with Crippen LogP contribution in [0.2, 0.25) is 0 Å². The lowest BCUT2D eigenvalue weighted by molar-refractivity contribution is 0.142. The maximum Gasteiger partial charge on any atom is 0.321 e. The Morgan fingerprint density at radius 1 is 1.39 bits per heavy atom. The van der Waals surface area contributed by atoms with E-state index in [9.17, 15) is 9.18 Å². The lowest BCUT2D eigenvalue weighted by Crippen LogP contribution is -2.39. The van der Waals surface area contributed by atoms with Crippen molar-refractivity contribution in [1.82, 2.24) is 4.90 Å². The Hall–Kier alpha value is -1.66. The van der Waals surface area contributed by atoms with Gasteiger partial charge in [-0.3, -0.25) is 0 Å². The molecule has 1 aromatic carbocycles. The number of ether oxygens (including phenoxy) is 1. The van der Waals surface area contributed by atoms with Crippen LogP contribution in [0.25, 0.3) is 0 Å². The number of urea groups is 1. The van der Waals surface area contributed by atoms with Crippen LogP contribution in [0.4, 0.5) is 14.9 Å². The van der Waals surface area contributed by atoms with Crippen LogP contribution in [0.1, 0.15) is 0 Å². The predicted octanol–water partition coefficient (Wildman–Crippen LogP) is 1.30. The van der Waals surface area contributed by atoms with Crippen molar-refractivity contribution >= 4 is 11.7 Å². The van der Waals surface area contributed by atoms with Gasteiger partial charge in [0.05, 0.1) is 13.2 Å². The Bertz CT molecular complexity index is 370. The third kappa shape index (κ3) is 4.68. The molecule has 2 N–H and O–H groups in total. The van der Waals surface area contributed by atoms with E-state index >= 15 is 0 Å². The maximum atomic E-state index is 12.7. The molecule has 0 heterocycles. The van der Waals surface area contributed by atoms with Gasteiger partial charge in [-0.2, -0.15) is 0 Å². The second-order valence-electron chi connectivity index (χ2n) is 3.64. The monoisotopic (exact) mass is 256 g/mol. The molecule has 0 aliphatic heterocycles. The van der Waals surface area contributed by atoms with Crippen LogP contribution in [0, 0.1) is 5.82 Å². The minimum atomic E-state index is -0.361. The van der Waals surface area contributed by atoms with E-state index in [2.05, 4.69) is 5.32 Å². The van der Waals surface area contributed by atoms with Gasteiger partial charge in [-0.05, 0) is 24.3 Å². The number of carbonyl (C=O) groups excluding carboxylic acids is 1. The number of anilines is 1. The lowest BCUT2D eigenvalue weighted by atomic mass is 10.3. The molecular formula is C12H17FN2O3. The summed E-state index contributed by atoms with van der Waals surface area (Å²) >= 11 is 0. The molecule has 6 heteroatoms. The number of aliphatic hydroxyl groups excluding tert-OH is 1. The Balaban J connectivity index is 2.57. The first kappa shape index (κ1) is 14.4. The minimum Gasteiger partial charge on any atom is -0.395 e. The van der Waals surface area contributed by atoms with Crippen LogP contribution in [0.3, 0.4) is 0 Å². The van der Waals surface area contributed by atoms with Gasteiger partial charge in [-0.15, -0.1) is 0 Å². The van der Waals surface area contributed by atoms with Gasteiger partial charge < -0.3 is 20.1 Å². The van der Waals surface area contributed by atoms with Gasteiger partial charge in [0.25, 0.3) is 0 Å². The van der Waals surface area contributed by atoms with E-state index in [1.807, 2.05) is 0 Å². The SMILES string of the molecule is COCCN(CCO)C(=O)Nc1ccc(F)cc1. The molecular weight excluding hydrogens is 239 g/mol. The van der Waals surface area contributed by atoms with Crippen LogP contribution >= 0.6 is 0 Å².